The van der Waals surface area contributed by atoms with E-state index in [-0.39, 0.29) is 0 Å². The summed E-state index contributed by atoms with van der Waals surface area (Å²) < 4.78 is 0. The van der Waals surface area contributed by atoms with Crippen LogP contribution < -0.4 is 0 Å². The first-order valence-electron chi connectivity index (χ1n) is 9.21. The van der Waals surface area contributed by atoms with Gasteiger partial charge in [-0.2, -0.15) is 0 Å². The molecule has 0 aliphatic heterocycles. The fraction of sp³-hybridized carbons (Fsp3) is 0.947. The van der Waals surface area contributed by atoms with Gasteiger partial charge in [0, 0.05) is 5.92 Å². The number of ketones is 1. The lowest BCUT2D eigenvalue weighted by atomic mass is 9.68. The van der Waals surface area contributed by atoms with Crippen LogP contribution in [0.3, 0.4) is 0 Å². The molecule has 0 atom stereocenters. The number of hydrogen-bond acceptors (Lipinski definition) is 1. The Hall–Kier alpha value is -0.330. The molecule has 2 fully saturated rings. The molecule has 0 radical (unpaired) electrons. The van der Waals surface area contributed by atoms with Crippen LogP contribution in [0, 0.1) is 23.7 Å². The lowest BCUT2D eigenvalue weighted by molar-refractivity contribution is -0.122. The molecule has 0 heterocycles. The number of hydrogen-bond donors (Lipinski definition) is 0. The third kappa shape index (κ3) is 4.60. The van der Waals surface area contributed by atoms with Crippen LogP contribution >= 0.6 is 0 Å². The molecule has 0 aromatic rings. The minimum atomic E-state index is 0.400. The Bertz CT molecular complexity index is 280. The molecular weight excluding hydrogens is 244 g/mol. The zero-order valence-electron chi connectivity index (χ0n) is 13.7. The van der Waals surface area contributed by atoms with Gasteiger partial charge in [0.2, 0.25) is 0 Å². The van der Waals surface area contributed by atoms with Crippen molar-refractivity contribution in [1.29, 1.82) is 0 Å². The van der Waals surface area contributed by atoms with Crippen LogP contribution in [0.5, 0.6) is 0 Å². The SMILES string of the molecule is CCCCCC1CCC(C2CCC(C(C)=O)CC2)CC1. The first-order valence-corrected chi connectivity index (χ1v) is 9.21. The highest BCUT2D eigenvalue weighted by atomic mass is 16.1. The predicted molar refractivity (Wildman–Crippen MR) is 85.7 cm³/mol. The maximum absolute atomic E-state index is 11.4. The molecule has 1 nitrogen and oxygen atoms in total. The highest BCUT2D eigenvalue weighted by Gasteiger charge is 2.31. The van der Waals surface area contributed by atoms with Gasteiger partial charge in [-0.1, -0.05) is 45.4 Å². The highest BCUT2D eigenvalue weighted by molar-refractivity contribution is 5.78. The van der Waals surface area contributed by atoms with Crippen molar-refractivity contribution in [1.82, 2.24) is 0 Å². The van der Waals surface area contributed by atoms with E-state index in [2.05, 4.69) is 6.92 Å². The molecule has 1 heteroatoms. The normalized spacial score (nSPS) is 34.9. The van der Waals surface area contributed by atoms with Crippen molar-refractivity contribution in [2.75, 3.05) is 0 Å². The van der Waals surface area contributed by atoms with Gasteiger partial charge in [0.25, 0.3) is 0 Å². The molecule has 0 amide bonds. The summed E-state index contributed by atoms with van der Waals surface area (Å²) in [4.78, 5) is 11.4. The van der Waals surface area contributed by atoms with Gasteiger partial charge in [0.15, 0.2) is 0 Å². The number of unbranched alkanes of at least 4 members (excludes halogenated alkanes) is 2. The van der Waals surface area contributed by atoms with Crippen molar-refractivity contribution < 1.29 is 4.79 Å². The van der Waals surface area contributed by atoms with E-state index < -0.39 is 0 Å². The highest BCUT2D eigenvalue weighted by Crippen LogP contribution is 2.42. The third-order valence-corrected chi connectivity index (χ3v) is 6.12. The molecule has 2 aliphatic rings. The van der Waals surface area contributed by atoms with Crippen LogP contribution in [-0.2, 0) is 4.79 Å². The third-order valence-electron chi connectivity index (χ3n) is 6.12. The second kappa shape index (κ2) is 8.20. The van der Waals surface area contributed by atoms with Crippen LogP contribution in [0.15, 0.2) is 0 Å². The lowest BCUT2D eigenvalue weighted by Gasteiger charge is -2.37. The second-order valence-electron chi connectivity index (χ2n) is 7.50. The first-order chi connectivity index (χ1) is 9.70. The van der Waals surface area contributed by atoms with E-state index in [1.54, 1.807) is 6.92 Å². The molecule has 0 saturated heterocycles. The predicted octanol–water partition coefficient (Wildman–Crippen LogP) is 5.77. The molecular formula is C19H34O. The van der Waals surface area contributed by atoms with Gasteiger partial charge in [-0.15, -0.1) is 0 Å². The van der Waals surface area contributed by atoms with Crippen LogP contribution in [-0.4, -0.2) is 5.78 Å². The molecule has 2 rings (SSSR count). The number of carbonyl (C=O) groups is 1. The fourth-order valence-electron chi connectivity index (χ4n) is 4.63. The van der Waals surface area contributed by atoms with Crippen molar-refractivity contribution in [3.8, 4) is 0 Å². The average Bonchev–Trinajstić information content (AvgIpc) is 2.48. The topological polar surface area (TPSA) is 17.1 Å². The Morgan fingerprint density at radius 2 is 1.40 bits per heavy atom. The second-order valence-corrected chi connectivity index (χ2v) is 7.50. The van der Waals surface area contributed by atoms with E-state index in [1.165, 1.54) is 77.0 Å². The minimum absolute atomic E-state index is 0.400. The molecule has 0 N–H and O–H groups in total. The molecule has 2 saturated carbocycles. The van der Waals surface area contributed by atoms with Crippen molar-refractivity contribution in [2.24, 2.45) is 23.7 Å². The molecule has 0 aromatic carbocycles. The van der Waals surface area contributed by atoms with Crippen molar-refractivity contribution >= 4 is 5.78 Å². The van der Waals surface area contributed by atoms with E-state index in [0.717, 1.165) is 17.8 Å². The molecule has 0 bridgehead atoms. The van der Waals surface area contributed by atoms with Gasteiger partial charge >= 0.3 is 0 Å². The van der Waals surface area contributed by atoms with Gasteiger partial charge < -0.3 is 0 Å². The largest absolute Gasteiger partial charge is 0.300 e. The summed E-state index contributed by atoms with van der Waals surface area (Å²) in [6.07, 6.45) is 16.7. The van der Waals surface area contributed by atoms with Crippen molar-refractivity contribution in [3.63, 3.8) is 0 Å². The maximum atomic E-state index is 11.4. The van der Waals surface area contributed by atoms with Gasteiger partial charge in [-0.3, -0.25) is 4.79 Å². The van der Waals surface area contributed by atoms with E-state index in [9.17, 15) is 4.79 Å². The zero-order chi connectivity index (χ0) is 14.4. The van der Waals surface area contributed by atoms with E-state index in [1.807, 2.05) is 0 Å². The Morgan fingerprint density at radius 3 is 1.90 bits per heavy atom. The Kier molecular flexibility index (Phi) is 6.58. The molecule has 2 aliphatic carbocycles. The summed E-state index contributed by atoms with van der Waals surface area (Å²) in [7, 11) is 0. The molecule has 0 aromatic heterocycles. The van der Waals surface area contributed by atoms with E-state index >= 15 is 0 Å². The van der Waals surface area contributed by atoms with Crippen LogP contribution in [0.2, 0.25) is 0 Å². The molecule has 116 valence electrons. The number of Topliss-reactive ketones (excluding diaryl/α,β-unsaturated/α-hetero) is 1. The van der Waals surface area contributed by atoms with Crippen LogP contribution in [0.4, 0.5) is 0 Å². The lowest BCUT2D eigenvalue weighted by Crippen LogP contribution is -2.27. The van der Waals surface area contributed by atoms with E-state index in [0.29, 0.717) is 11.7 Å². The summed E-state index contributed by atoms with van der Waals surface area (Å²) in [5.41, 5.74) is 0. The first kappa shape index (κ1) is 16.0. The average molecular weight is 278 g/mol. The smallest absolute Gasteiger partial charge is 0.132 e. The zero-order valence-corrected chi connectivity index (χ0v) is 13.7. The van der Waals surface area contributed by atoms with Crippen LogP contribution in [0.25, 0.3) is 0 Å². The number of carbonyl (C=O) groups excluding carboxylic acids is 1. The quantitative estimate of drug-likeness (QED) is 0.564. The monoisotopic (exact) mass is 278 g/mol. The Labute approximate surface area is 125 Å². The van der Waals surface area contributed by atoms with Crippen molar-refractivity contribution in [2.45, 2.75) is 90.9 Å². The standard InChI is InChI=1S/C19H34O/c1-3-4-5-6-16-7-9-18(10-8-16)19-13-11-17(12-14-19)15(2)20/h16-19H,3-14H2,1-2H3. The molecule has 0 spiro atoms. The van der Waals surface area contributed by atoms with Gasteiger partial charge in [-0.25, -0.2) is 0 Å². The van der Waals surface area contributed by atoms with Gasteiger partial charge in [0.1, 0.15) is 5.78 Å². The Balaban J connectivity index is 1.65. The summed E-state index contributed by atoms with van der Waals surface area (Å²) >= 11 is 0. The van der Waals surface area contributed by atoms with Crippen molar-refractivity contribution in [3.05, 3.63) is 0 Å². The summed E-state index contributed by atoms with van der Waals surface area (Å²) in [5, 5.41) is 0. The minimum Gasteiger partial charge on any atom is -0.300 e. The molecule has 20 heavy (non-hydrogen) atoms. The number of rotatable bonds is 6. The molecule has 0 unspecified atom stereocenters. The summed E-state index contributed by atoms with van der Waals surface area (Å²) in [5.74, 6) is 3.80. The summed E-state index contributed by atoms with van der Waals surface area (Å²) in [6, 6.07) is 0. The summed E-state index contributed by atoms with van der Waals surface area (Å²) in [6.45, 7) is 4.08. The van der Waals surface area contributed by atoms with Gasteiger partial charge in [-0.05, 0) is 63.2 Å². The Morgan fingerprint density at radius 1 is 0.850 bits per heavy atom. The maximum Gasteiger partial charge on any atom is 0.132 e. The fourth-order valence-corrected chi connectivity index (χ4v) is 4.63. The van der Waals surface area contributed by atoms with Gasteiger partial charge in [0.05, 0.1) is 0 Å². The van der Waals surface area contributed by atoms with Crippen LogP contribution in [0.1, 0.15) is 90.9 Å². The van der Waals surface area contributed by atoms with E-state index in [4.69, 9.17) is 0 Å².